The first-order valence-corrected chi connectivity index (χ1v) is 6.69. The molecule has 0 aliphatic rings. The van der Waals surface area contributed by atoms with Crippen LogP contribution in [0, 0.1) is 12.8 Å². The van der Waals surface area contributed by atoms with Crippen molar-refractivity contribution in [1.29, 1.82) is 0 Å². The molecule has 0 aliphatic carbocycles. The summed E-state index contributed by atoms with van der Waals surface area (Å²) in [5.41, 5.74) is 2.22. The molecule has 102 valence electrons. The van der Waals surface area contributed by atoms with Crippen LogP contribution in [-0.2, 0) is 6.54 Å². The number of aromatic nitrogens is 2. The highest BCUT2D eigenvalue weighted by molar-refractivity contribution is 5.34. The standard InChI is InChI=1S/C14H26N4/c1-10(2)9-18(11(3)4)14-16-8-13(7-15-6)12(5)17-14/h8,10-11,15H,7,9H2,1-6H3. The van der Waals surface area contributed by atoms with E-state index in [1.54, 1.807) is 0 Å². The molecule has 4 heteroatoms. The Labute approximate surface area is 111 Å². The summed E-state index contributed by atoms with van der Waals surface area (Å²) >= 11 is 0. The van der Waals surface area contributed by atoms with E-state index in [0.29, 0.717) is 12.0 Å². The second-order valence-corrected chi connectivity index (χ2v) is 5.45. The minimum absolute atomic E-state index is 0.418. The molecule has 1 heterocycles. The zero-order valence-electron chi connectivity index (χ0n) is 12.5. The Kier molecular flexibility index (Phi) is 5.54. The third-order valence-electron chi connectivity index (χ3n) is 2.88. The van der Waals surface area contributed by atoms with E-state index in [9.17, 15) is 0 Å². The van der Waals surface area contributed by atoms with Crippen molar-refractivity contribution in [1.82, 2.24) is 15.3 Å². The number of anilines is 1. The van der Waals surface area contributed by atoms with Crippen LogP contribution in [0.2, 0.25) is 0 Å². The molecule has 0 saturated heterocycles. The highest BCUT2D eigenvalue weighted by Gasteiger charge is 2.15. The van der Waals surface area contributed by atoms with Gasteiger partial charge in [-0.3, -0.25) is 0 Å². The average molecular weight is 250 g/mol. The fraction of sp³-hybridized carbons (Fsp3) is 0.714. The Morgan fingerprint density at radius 2 is 1.94 bits per heavy atom. The van der Waals surface area contributed by atoms with Crippen LogP contribution >= 0.6 is 0 Å². The van der Waals surface area contributed by atoms with E-state index >= 15 is 0 Å². The van der Waals surface area contributed by atoms with Gasteiger partial charge in [0.15, 0.2) is 0 Å². The second kappa shape index (κ2) is 6.69. The van der Waals surface area contributed by atoms with Crippen LogP contribution in [0.1, 0.15) is 39.0 Å². The highest BCUT2D eigenvalue weighted by atomic mass is 15.3. The quantitative estimate of drug-likeness (QED) is 0.841. The summed E-state index contributed by atoms with van der Waals surface area (Å²) in [5.74, 6) is 1.45. The maximum atomic E-state index is 4.64. The molecular weight excluding hydrogens is 224 g/mol. The fourth-order valence-electron chi connectivity index (χ4n) is 1.90. The summed E-state index contributed by atoms with van der Waals surface area (Å²) < 4.78 is 0. The van der Waals surface area contributed by atoms with Crippen LogP contribution in [0.5, 0.6) is 0 Å². The first-order chi connectivity index (χ1) is 8.45. The van der Waals surface area contributed by atoms with Crippen molar-refractivity contribution in [2.24, 2.45) is 5.92 Å². The summed E-state index contributed by atoms with van der Waals surface area (Å²) in [5, 5.41) is 3.13. The Balaban J connectivity index is 2.95. The van der Waals surface area contributed by atoms with Crippen LogP contribution in [0.15, 0.2) is 6.20 Å². The Bertz CT molecular complexity index is 374. The van der Waals surface area contributed by atoms with Gasteiger partial charge < -0.3 is 10.2 Å². The lowest BCUT2D eigenvalue weighted by Crippen LogP contribution is -2.35. The van der Waals surface area contributed by atoms with Crippen molar-refractivity contribution in [3.63, 3.8) is 0 Å². The molecule has 0 unspecified atom stereocenters. The summed E-state index contributed by atoms with van der Waals surface area (Å²) in [6.45, 7) is 12.7. The largest absolute Gasteiger partial charge is 0.338 e. The number of aryl methyl sites for hydroxylation is 1. The summed E-state index contributed by atoms with van der Waals surface area (Å²) in [6.07, 6.45) is 1.93. The van der Waals surface area contributed by atoms with Gasteiger partial charge in [0.25, 0.3) is 0 Å². The molecule has 0 bridgehead atoms. The van der Waals surface area contributed by atoms with E-state index in [0.717, 1.165) is 30.3 Å². The molecule has 4 nitrogen and oxygen atoms in total. The highest BCUT2D eigenvalue weighted by Crippen LogP contribution is 2.15. The van der Waals surface area contributed by atoms with Gasteiger partial charge >= 0.3 is 0 Å². The van der Waals surface area contributed by atoms with Gasteiger partial charge in [-0.15, -0.1) is 0 Å². The Morgan fingerprint density at radius 3 is 2.39 bits per heavy atom. The summed E-state index contributed by atoms with van der Waals surface area (Å²) in [7, 11) is 1.94. The first-order valence-electron chi connectivity index (χ1n) is 6.69. The fourth-order valence-corrected chi connectivity index (χ4v) is 1.90. The Hall–Kier alpha value is -1.16. The van der Waals surface area contributed by atoms with Gasteiger partial charge in [0, 0.05) is 36.6 Å². The van der Waals surface area contributed by atoms with Crippen LogP contribution in [0.4, 0.5) is 5.95 Å². The number of rotatable bonds is 6. The van der Waals surface area contributed by atoms with Crippen LogP contribution in [-0.4, -0.2) is 29.6 Å². The van der Waals surface area contributed by atoms with Crippen molar-refractivity contribution in [3.8, 4) is 0 Å². The van der Waals surface area contributed by atoms with Gasteiger partial charge in [0.2, 0.25) is 5.95 Å². The smallest absolute Gasteiger partial charge is 0.225 e. The molecule has 1 rings (SSSR count). The van der Waals surface area contributed by atoms with Crippen molar-refractivity contribution in [2.45, 2.75) is 47.2 Å². The SMILES string of the molecule is CNCc1cnc(N(CC(C)C)C(C)C)nc1C. The third kappa shape index (κ3) is 3.95. The summed E-state index contributed by atoms with van der Waals surface area (Å²) in [6, 6.07) is 0.418. The van der Waals surface area contributed by atoms with Crippen LogP contribution in [0.3, 0.4) is 0 Å². The van der Waals surface area contributed by atoms with Gasteiger partial charge in [-0.25, -0.2) is 9.97 Å². The first kappa shape index (κ1) is 14.9. The molecule has 0 aliphatic heterocycles. The van der Waals surface area contributed by atoms with Crippen molar-refractivity contribution < 1.29 is 0 Å². The maximum absolute atomic E-state index is 4.64. The normalized spacial score (nSPS) is 11.3. The van der Waals surface area contributed by atoms with E-state index in [-0.39, 0.29) is 0 Å². The zero-order chi connectivity index (χ0) is 13.7. The maximum Gasteiger partial charge on any atom is 0.225 e. The van der Waals surface area contributed by atoms with E-state index in [1.165, 1.54) is 0 Å². The number of hydrogen-bond acceptors (Lipinski definition) is 4. The molecule has 0 atom stereocenters. The lowest BCUT2D eigenvalue weighted by molar-refractivity contribution is 0.559. The van der Waals surface area contributed by atoms with Gasteiger partial charge in [0.05, 0.1) is 0 Å². The predicted octanol–water partition coefficient (Wildman–Crippen LogP) is 2.38. The molecule has 1 aromatic heterocycles. The molecular formula is C14H26N4. The van der Waals surface area contributed by atoms with Crippen molar-refractivity contribution >= 4 is 5.95 Å². The molecule has 0 saturated carbocycles. The topological polar surface area (TPSA) is 41.1 Å². The lowest BCUT2D eigenvalue weighted by Gasteiger charge is -2.28. The van der Waals surface area contributed by atoms with E-state index in [1.807, 2.05) is 20.2 Å². The van der Waals surface area contributed by atoms with Gasteiger partial charge in [-0.2, -0.15) is 0 Å². The Morgan fingerprint density at radius 1 is 1.28 bits per heavy atom. The zero-order valence-corrected chi connectivity index (χ0v) is 12.5. The number of nitrogens with zero attached hydrogens (tertiary/aromatic N) is 3. The van der Waals surface area contributed by atoms with Crippen molar-refractivity contribution in [3.05, 3.63) is 17.5 Å². The van der Waals surface area contributed by atoms with Gasteiger partial charge in [-0.05, 0) is 33.7 Å². The predicted molar refractivity (Wildman–Crippen MR) is 76.9 cm³/mol. The molecule has 0 fully saturated rings. The monoisotopic (exact) mass is 250 g/mol. The van der Waals surface area contributed by atoms with Crippen LogP contribution in [0.25, 0.3) is 0 Å². The molecule has 0 aromatic carbocycles. The van der Waals surface area contributed by atoms with Crippen molar-refractivity contribution in [2.75, 3.05) is 18.5 Å². The van der Waals surface area contributed by atoms with Crippen LogP contribution < -0.4 is 10.2 Å². The van der Waals surface area contributed by atoms with E-state index in [2.05, 4.69) is 47.9 Å². The lowest BCUT2D eigenvalue weighted by atomic mass is 10.2. The molecule has 1 aromatic rings. The number of hydrogen-bond donors (Lipinski definition) is 1. The minimum Gasteiger partial charge on any atom is -0.338 e. The van der Waals surface area contributed by atoms with E-state index in [4.69, 9.17) is 0 Å². The molecule has 0 spiro atoms. The number of nitrogens with one attached hydrogen (secondary N) is 1. The second-order valence-electron chi connectivity index (χ2n) is 5.45. The minimum atomic E-state index is 0.418. The molecule has 0 amide bonds. The van der Waals surface area contributed by atoms with E-state index < -0.39 is 0 Å². The summed E-state index contributed by atoms with van der Waals surface area (Å²) in [4.78, 5) is 11.4. The average Bonchev–Trinajstić information content (AvgIpc) is 2.28. The molecule has 1 N–H and O–H groups in total. The third-order valence-corrected chi connectivity index (χ3v) is 2.88. The van der Waals surface area contributed by atoms with Gasteiger partial charge in [0.1, 0.15) is 0 Å². The molecule has 18 heavy (non-hydrogen) atoms. The van der Waals surface area contributed by atoms with Gasteiger partial charge in [-0.1, -0.05) is 13.8 Å². The molecule has 0 radical (unpaired) electrons.